The van der Waals surface area contributed by atoms with Crippen molar-refractivity contribution >= 4 is 15.9 Å². The molecule has 3 rings (SSSR count). The Hall–Kier alpha value is -1.20. The van der Waals surface area contributed by atoms with Crippen LogP contribution in [0.4, 0.5) is 0 Å². The predicted octanol–water partition coefficient (Wildman–Crippen LogP) is 2.46. The van der Waals surface area contributed by atoms with Gasteiger partial charge in [0, 0.05) is 12.8 Å². The molecule has 0 N–H and O–H groups in total. The summed E-state index contributed by atoms with van der Waals surface area (Å²) in [7, 11) is -3.73. The Morgan fingerprint density at radius 2 is 1.80 bits per heavy atom. The topological polar surface area (TPSA) is 60.4 Å². The van der Waals surface area contributed by atoms with Crippen LogP contribution in [-0.4, -0.2) is 20.3 Å². The van der Waals surface area contributed by atoms with Gasteiger partial charge in [-0.3, -0.25) is 8.98 Å². The van der Waals surface area contributed by atoms with Crippen molar-refractivity contribution in [3.8, 4) is 0 Å². The lowest BCUT2D eigenvalue weighted by atomic mass is 9.99. The van der Waals surface area contributed by atoms with Crippen LogP contribution in [0.1, 0.15) is 31.2 Å². The fourth-order valence-electron chi connectivity index (χ4n) is 3.34. The summed E-state index contributed by atoms with van der Waals surface area (Å²) in [6.45, 7) is 1.91. The Bertz CT molecular complexity index is 618. The summed E-state index contributed by atoms with van der Waals surface area (Å²) < 4.78 is 29.9. The van der Waals surface area contributed by atoms with Crippen molar-refractivity contribution in [2.24, 2.45) is 11.8 Å². The largest absolute Gasteiger partial charge is 0.300 e. The first-order valence-corrected chi connectivity index (χ1v) is 8.38. The quantitative estimate of drug-likeness (QED) is 0.803. The van der Waals surface area contributed by atoms with Crippen LogP contribution in [0, 0.1) is 18.8 Å². The van der Waals surface area contributed by atoms with Crippen LogP contribution in [0.15, 0.2) is 29.2 Å². The molecule has 2 aliphatic rings. The Morgan fingerprint density at radius 1 is 1.10 bits per heavy atom. The Balaban J connectivity index is 1.77. The van der Waals surface area contributed by atoms with Crippen molar-refractivity contribution in [3.05, 3.63) is 29.8 Å². The van der Waals surface area contributed by atoms with Crippen molar-refractivity contribution in [2.45, 2.75) is 43.6 Å². The molecular weight excluding hydrogens is 276 g/mol. The molecule has 1 aromatic rings. The molecule has 2 aliphatic carbocycles. The minimum atomic E-state index is -3.73. The van der Waals surface area contributed by atoms with Crippen LogP contribution in [0.3, 0.4) is 0 Å². The third-order valence-corrected chi connectivity index (χ3v) is 5.77. The summed E-state index contributed by atoms with van der Waals surface area (Å²) in [5.41, 5.74) is 1.01. The number of ketones is 1. The SMILES string of the molecule is Cc1ccc(S(=O)(=O)OC2CCC3CC(=O)CC32)cc1. The van der Waals surface area contributed by atoms with E-state index in [-0.39, 0.29) is 22.7 Å². The first-order chi connectivity index (χ1) is 9.45. The molecule has 2 saturated carbocycles. The molecule has 0 amide bonds. The average Bonchev–Trinajstić information content (AvgIpc) is 2.91. The zero-order chi connectivity index (χ0) is 14.3. The summed E-state index contributed by atoms with van der Waals surface area (Å²) in [5, 5.41) is 0. The predicted molar refractivity (Wildman–Crippen MR) is 73.7 cm³/mol. The highest BCUT2D eigenvalue weighted by molar-refractivity contribution is 7.86. The van der Waals surface area contributed by atoms with Crippen LogP contribution in [0.5, 0.6) is 0 Å². The summed E-state index contributed by atoms with van der Waals surface area (Å²) in [6, 6.07) is 6.65. The lowest BCUT2D eigenvalue weighted by molar-refractivity contribution is -0.118. The molecule has 2 fully saturated rings. The second kappa shape index (κ2) is 4.97. The maximum Gasteiger partial charge on any atom is 0.297 e. The highest BCUT2D eigenvalue weighted by Gasteiger charge is 2.45. The van der Waals surface area contributed by atoms with Gasteiger partial charge in [-0.2, -0.15) is 8.42 Å². The average molecular weight is 294 g/mol. The van der Waals surface area contributed by atoms with Crippen molar-refractivity contribution in [1.29, 1.82) is 0 Å². The standard InChI is InChI=1S/C15H18O4S/c1-10-2-5-13(6-3-10)20(17,18)19-15-7-4-11-8-12(16)9-14(11)15/h2-3,5-6,11,14-15H,4,7-9H2,1H3. The molecule has 3 atom stereocenters. The van der Waals surface area contributed by atoms with Crippen LogP contribution in [-0.2, 0) is 19.1 Å². The van der Waals surface area contributed by atoms with Gasteiger partial charge in [-0.1, -0.05) is 17.7 Å². The second-order valence-corrected chi connectivity index (χ2v) is 7.42. The van der Waals surface area contributed by atoms with E-state index < -0.39 is 10.1 Å². The molecule has 0 radical (unpaired) electrons. The van der Waals surface area contributed by atoms with Crippen molar-refractivity contribution in [2.75, 3.05) is 0 Å². The van der Waals surface area contributed by atoms with E-state index in [1.165, 1.54) is 0 Å². The maximum atomic E-state index is 12.3. The highest BCUT2D eigenvalue weighted by atomic mass is 32.2. The van der Waals surface area contributed by atoms with Gasteiger partial charge in [0.2, 0.25) is 0 Å². The van der Waals surface area contributed by atoms with Gasteiger partial charge in [-0.05, 0) is 43.7 Å². The van der Waals surface area contributed by atoms with E-state index in [1.807, 2.05) is 6.92 Å². The molecule has 108 valence electrons. The van der Waals surface area contributed by atoms with Gasteiger partial charge in [0.25, 0.3) is 10.1 Å². The number of rotatable bonds is 3. The Labute approximate surface area is 119 Å². The molecule has 5 heteroatoms. The molecule has 1 aromatic carbocycles. The summed E-state index contributed by atoms with van der Waals surface area (Å²) in [4.78, 5) is 11.7. The summed E-state index contributed by atoms with van der Waals surface area (Å²) >= 11 is 0. The Kier molecular flexibility index (Phi) is 3.42. The number of fused-ring (bicyclic) bond motifs is 1. The molecule has 0 aromatic heterocycles. The molecule has 4 nitrogen and oxygen atoms in total. The lowest BCUT2D eigenvalue weighted by Crippen LogP contribution is -2.23. The molecule has 0 saturated heterocycles. The van der Waals surface area contributed by atoms with E-state index in [2.05, 4.69) is 0 Å². The van der Waals surface area contributed by atoms with Gasteiger partial charge >= 0.3 is 0 Å². The van der Waals surface area contributed by atoms with Gasteiger partial charge in [0.1, 0.15) is 5.78 Å². The maximum absolute atomic E-state index is 12.3. The fraction of sp³-hybridized carbons (Fsp3) is 0.533. The lowest BCUT2D eigenvalue weighted by Gasteiger charge is -2.18. The number of benzene rings is 1. The second-order valence-electron chi connectivity index (χ2n) is 5.85. The van der Waals surface area contributed by atoms with E-state index in [4.69, 9.17) is 4.18 Å². The monoisotopic (exact) mass is 294 g/mol. The third kappa shape index (κ3) is 2.52. The number of carbonyl (C=O) groups is 1. The molecule has 20 heavy (non-hydrogen) atoms. The van der Waals surface area contributed by atoms with Crippen molar-refractivity contribution < 1.29 is 17.4 Å². The van der Waals surface area contributed by atoms with Crippen molar-refractivity contribution in [3.63, 3.8) is 0 Å². The number of hydrogen-bond acceptors (Lipinski definition) is 4. The molecule has 0 bridgehead atoms. The van der Waals surface area contributed by atoms with E-state index in [0.717, 1.165) is 18.4 Å². The number of hydrogen-bond donors (Lipinski definition) is 0. The van der Waals surface area contributed by atoms with Gasteiger partial charge in [-0.25, -0.2) is 0 Å². The molecule has 0 heterocycles. The van der Waals surface area contributed by atoms with E-state index >= 15 is 0 Å². The smallest absolute Gasteiger partial charge is 0.297 e. The van der Waals surface area contributed by atoms with E-state index in [9.17, 15) is 13.2 Å². The van der Waals surface area contributed by atoms with Crippen LogP contribution < -0.4 is 0 Å². The van der Waals surface area contributed by atoms with E-state index in [1.54, 1.807) is 24.3 Å². The van der Waals surface area contributed by atoms with Crippen molar-refractivity contribution in [1.82, 2.24) is 0 Å². The minimum absolute atomic E-state index is 0.0859. The molecule has 0 spiro atoms. The summed E-state index contributed by atoms with van der Waals surface area (Å²) in [5.74, 6) is 0.643. The molecule has 0 aliphatic heterocycles. The minimum Gasteiger partial charge on any atom is -0.300 e. The zero-order valence-corrected chi connectivity index (χ0v) is 12.2. The van der Waals surface area contributed by atoms with Crippen LogP contribution in [0.25, 0.3) is 0 Å². The van der Waals surface area contributed by atoms with Gasteiger partial charge in [0.15, 0.2) is 0 Å². The van der Waals surface area contributed by atoms with Gasteiger partial charge in [0.05, 0.1) is 11.0 Å². The number of aryl methyl sites for hydroxylation is 1. The first kappa shape index (κ1) is 13.8. The third-order valence-electron chi connectivity index (χ3n) is 4.42. The zero-order valence-electron chi connectivity index (χ0n) is 11.4. The van der Waals surface area contributed by atoms with Gasteiger partial charge < -0.3 is 0 Å². The van der Waals surface area contributed by atoms with Crippen LogP contribution in [0.2, 0.25) is 0 Å². The highest BCUT2D eigenvalue weighted by Crippen LogP contribution is 2.44. The molecular formula is C15H18O4S. The van der Waals surface area contributed by atoms with Gasteiger partial charge in [-0.15, -0.1) is 0 Å². The number of Topliss-reactive ketones (excluding diaryl/α,β-unsaturated/α-hetero) is 1. The molecule has 3 unspecified atom stereocenters. The Morgan fingerprint density at radius 3 is 2.50 bits per heavy atom. The number of carbonyl (C=O) groups excluding carboxylic acids is 1. The fourth-order valence-corrected chi connectivity index (χ4v) is 4.49. The van der Waals surface area contributed by atoms with E-state index in [0.29, 0.717) is 18.8 Å². The first-order valence-electron chi connectivity index (χ1n) is 6.97. The normalized spacial score (nSPS) is 29.6. The summed E-state index contributed by atoms with van der Waals surface area (Å²) in [6.07, 6.45) is 2.35. The van der Waals surface area contributed by atoms with Crippen LogP contribution >= 0.6 is 0 Å².